The van der Waals surface area contributed by atoms with E-state index in [1.807, 2.05) is 30.5 Å². The number of aliphatic hydroxyl groups excluding tert-OH is 1. The summed E-state index contributed by atoms with van der Waals surface area (Å²) in [7, 11) is 0. The number of aryl methyl sites for hydroxylation is 2. The zero-order chi connectivity index (χ0) is 15.1. The van der Waals surface area contributed by atoms with Crippen LogP contribution in [0.4, 0.5) is 4.39 Å². The van der Waals surface area contributed by atoms with Crippen LogP contribution in [-0.2, 0) is 0 Å². The SMILES string of the molecule is Cc1cc2ncn(-c3cccc(F)c3[C@@H](C)O)c2cc1C. The van der Waals surface area contributed by atoms with Gasteiger partial charge >= 0.3 is 0 Å². The highest BCUT2D eigenvalue weighted by atomic mass is 19.1. The summed E-state index contributed by atoms with van der Waals surface area (Å²) in [5.74, 6) is -0.409. The van der Waals surface area contributed by atoms with Crippen LogP contribution >= 0.6 is 0 Å². The van der Waals surface area contributed by atoms with Gasteiger partial charge < -0.3 is 5.11 Å². The lowest BCUT2D eigenvalue weighted by Crippen LogP contribution is -2.04. The molecule has 0 unspecified atom stereocenters. The lowest BCUT2D eigenvalue weighted by atomic mass is 10.1. The minimum Gasteiger partial charge on any atom is -0.389 e. The lowest BCUT2D eigenvalue weighted by Gasteiger charge is -2.14. The molecule has 1 aromatic heterocycles. The molecule has 0 aliphatic carbocycles. The molecule has 108 valence electrons. The molecule has 0 spiro atoms. The zero-order valence-corrected chi connectivity index (χ0v) is 12.3. The Morgan fingerprint density at radius 1 is 1.19 bits per heavy atom. The Morgan fingerprint density at radius 3 is 2.62 bits per heavy atom. The molecule has 1 N–H and O–H groups in total. The molecule has 1 atom stereocenters. The predicted molar refractivity (Wildman–Crippen MR) is 81.1 cm³/mol. The van der Waals surface area contributed by atoms with E-state index in [0.717, 1.165) is 16.6 Å². The van der Waals surface area contributed by atoms with Crippen LogP contribution in [0.15, 0.2) is 36.7 Å². The predicted octanol–water partition coefficient (Wildman–Crippen LogP) is 3.83. The fourth-order valence-electron chi connectivity index (χ4n) is 2.61. The molecular weight excluding hydrogens is 267 g/mol. The van der Waals surface area contributed by atoms with Crippen molar-refractivity contribution in [2.75, 3.05) is 0 Å². The van der Waals surface area contributed by atoms with Crippen molar-refractivity contribution in [3.8, 4) is 5.69 Å². The second-order valence-corrected chi connectivity index (χ2v) is 5.39. The Kier molecular flexibility index (Phi) is 3.26. The minimum atomic E-state index is -0.884. The molecule has 0 amide bonds. The molecule has 0 saturated heterocycles. The van der Waals surface area contributed by atoms with Gasteiger partial charge in [-0.2, -0.15) is 0 Å². The molecule has 21 heavy (non-hydrogen) atoms. The van der Waals surface area contributed by atoms with Gasteiger partial charge in [0.2, 0.25) is 0 Å². The number of hydrogen-bond donors (Lipinski definition) is 1. The van der Waals surface area contributed by atoms with Crippen LogP contribution in [0.5, 0.6) is 0 Å². The highest BCUT2D eigenvalue weighted by molar-refractivity contribution is 5.79. The Labute approximate surface area is 122 Å². The molecule has 3 nitrogen and oxygen atoms in total. The Balaban J connectivity index is 2.31. The van der Waals surface area contributed by atoms with Gasteiger partial charge in [-0.1, -0.05) is 6.07 Å². The van der Waals surface area contributed by atoms with E-state index in [0.29, 0.717) is 5.69 Å². The number of aromatic nitrogens is 2. The van der Waals surface area contributed by atoms with E-state index >= 15 is 0 Å². The Bertz CT molecular complexity index is 821. The zero-order valence-electron chi connectivity index (χ0n) is 12.3. The third-order valence-electron chi connectivity index (χ3n) is 3.87. The largest absolute Gasteiger partial charge is 0.389 e. The van der Waals surface area contributed by atoms with Crippen molar-refractivity contribution in [3.63, 3.8) is 0 Å². The maximum absolute atomic E-state index is 14.0. The van der Waals surface area contributed by atoms with Crippen LogP contribution in [0.2, 0.25) is 0 Å². The molecule has 0 aliphatic rings. The van der Waals surface area contributed by atoms with Crippen LogP contribution in [0.25, 0.3) is 16.7 Å². The molecule has 0 radical (unpaired) electrons. The van der Waals surface area contributed by atoms with E-state index in [2.05, 4.69) is 4.98 Å². The summed E-state index contributed by atoms with van der Waals surface area (Å²) < 4.78 is 15.9. The van der Waals surface area contributed by atoms with E-state index in [4.69, 9.17) is 0 Å². The highest BCUT2D eigenvalue weighted by Crippen LogP contribution is 2.28. The van der Waals surface area contributed by atoms with E-state index in [9.17, 15) is 9.50 Å². The quantitative estimate of drug-likeness (QED) is 0.776. The highest BCUT2D eigenvalue weighted by Gasteiger charge is 2.16. The van der Waals surface area contributed by atoms with Gasteiger partial charge in [0.05, 0.1) is 22.8 Å². The number of nitrogens with zero attached hydrogens (tertiary/aromatic N) is 2. The summed E-state index contributed by atoms with van der Waals surface area (Å²) in [6.07, 6.45) is 0.787. The van der Waals surface area contributed by atoms with Crippen LogP contribution in [0.3, 0.4) is 0 Å². The average molecular weight is 284 g/mol. The molecule has 1 heterocycles. The van der Waals surface area contributed by atoms with E-state index in [1.54, 1.807) is 25.4 Å². The molecule has 3 aromatic rings. The van der Waals surface area contributed by atoms with Gasteiger partial charge in [0.25, 0.3) is 0 Å². The summed E-state index contributed by atoms with van der Waals surface area (Å²) in [6, 6.07) is 8.85. The van der Waals surface area contributed by atoms with Crippen molar-refractivity contribution in [2.45, 2.75) is 26.9 Å². The number of rotatable bonds is 2. The van der Waals surface area contributed by atoms with Crippen molar-refractivity contribution >= 4 is 11.0 Å². The van der Waals surface area contributed by atoms with Crippen molar-refractivity contribution in [2.24, 2.45) is 0 Å². The van der Waals surface area contributed by atoms with Crippen molar-refractivity contribution < 1.29 is 9.50 Å². The Hall–Kier alpha value is -2.20. The molecule has 0 fully saturated rings. The summed E-state index contributed by atoms with van der Waals surface area (Å²) in [4.78, 5) is 4.39. The first-order valence-corrected chi connectivity index (χ1v) is 6.90. The van der Waals surface area contributed by atoms with E-state index < -0.39 is 11.9 Å². The minimum absolute atomic E-state index is 0.287. The monoisotopic (exact) mass is 284 g/mol. The number of imidazole rings is 1. The fourth-order valence-corrected chi connectivity index (χ4v) is 2.61. The molecule has 0 aliphatic heterocycles. The lowest BCUT2D eigenvalue weighted by molar-refractivity contribution is 0.194. The third-order valence-corrected chi connectivity index (χ3v) is 3.87. The number of halogens is 1. The van der Waals surface area contributed by atoms with Gasteiger partial charge in [-0.15, -0.1) is 0 Å². The first-order valence-electron chi connectivity index (χ1n) is 6.90. The number of aliphatic hydroxyl groups is 1. The number of hydrogen-bond acceptors (Lipinski definition) is 2. The van der Waals surface area contributed by atoms with Crippen molar-refractivity contribution in [1.82, 2.24) is 9.55 Å². The molecular formula is C17H17FN2O. The summed E-state index contributed by atoms with van der Waals surface area (Å²) in [6.45, 7) is 5.64. The van der Waals surface area contributed by atoms with Gasteiger partial charge in [-0.25, -0.2) is 9.37 Å². The maximum Gasteiger partial charge on any atom is 0.131 e. The summed E-state index contributed by atoms with van der Waals surface area (Å²) in [5, 5.41) is 9.88. The van der Waals surface area contributed by atoms with E-state index in [-0.39, 0.29) is 5.56 Å². The van der Waals surface area contributed by atoms with Crippen LogP contribution < -0.4 is 0 Å². The molecule has 2 aromatic carbocycles. The van der Waals surface area contributed by atoms with Gasteiger partial charge in [0.15, 0.2) is 0 Å². The topological polar surface area (TPSA) is 38.0 Å². The molecule has 0 bridgehead atoms. The van der Waals surface area contributed by atoms with Crippen LogP contribution in [-0.4, -0.2) is 14.7 Å². The summed E-state index contributed by atoms with van der Waals surface area (Å²) in [5.41, 5.74) is 5.00. The maximum atomic E-state index is 14.0. The summed E-state index contributed by atoms with van der Waals surface area (Å²) >= 11 is 0. The second kappa shape index (κ2) is 4.97. The van der Waals surface area contributed by atoms with E-state index in [1.165, 1.54) is 11.6 Å². The third kappa shape index (κ3) is 2.21. The normalized spacial score (nSPS) is 12.8. The van der Waals surface area contributed by atoms with Crippen molar-refractivity contribution in [1.29, 1.82) is 0 Å². The Morgan fingerprint density at radius 2 is 1.90 bits per heavy atom. The van der Waals surface area contributed by atoms with Crippen LogP contribution in [0.1, 0.15) is 29.7 Å². The molecule has 4 heteroatoms. The van der Waals surface area contributed by atoms with Crippen LogP contribution in [0, 0.1) is 19.7 Å². The second-order valence-electron chi connectivity index (χ2n) is 5.39. The number of benzene rings is 2. The molecule has 3 rings (SSSR count). The smallest absolute Gasteiger partial charge is 0.131 e. The van der Waals surface area contributed by atoms with Gasteiger partial charge in [0.1, 0.15) is 12.1 Å². The fraction of sp³-hybridized carbons (Fsp3) is 0.235. The average Bonchev–Trinajstić information content (AvgIpc) is 2.81. The van der Waals surface area contributed by atoms with Gasteiger partial charge in [0, 0.05) is 5.56 Å². The van der Waals surface area contributed by atoms with Gasteiger partial charge in [-0.05, 0) is 56.2 Å². The van der Waals surface area contributed by atoms with Gasteiger partial charge in [-0.3, -0.25) is 4.57 Å². The first kappa shape index (κ1) is 13.8. The van der Waals surface area contributed by atoms with Crippen molar-refractivity contribution in [3.05, 3.63) is 59.2 Å². The molecule has 0 saturated carbocycles. The standard InChI is InChI=1S/C17H17FN2O/c1-10-7-14-16(8-11(10)2)20(9-19-14)15-6-4-5-13(18)17(15)12(3)21/h4-9,12,21H,1-3H3/t12-/m1/s1. The first-order chi connectivity index (χ1) is 9.99. The number of fused-ring (bicyclic) bond motifs is 1.